The van der Waals surface area contributed by atoms with Crippen LogP contribution in [0.4, 0.5) is 13.6 Å². The van der Waals surface area contributed by atoms with Crippen LogP contribution < -0.4 is 5.32 Å². The molecule has 1 atom stereocenters. The number of amides is 1. The molecule has 1 amide bonds. The highest BCUT2D eigenvalue weighted by Gasteiger charge is 2.25. The molecule has 1 rings (SSSR count). The van der Waals surface area contributed by atoms with Crippen molar-refractivity contribution in [1.82, 2.24) is 5.32 Å². The Morgan fingerprint density at radius 1 is 1.23 bits per heavy atom. The van der Waals surface area contributed by atoms with Gasteiger partial charge < -0.3 is 14.8 Å². The number of esters is 1. The van der Waals surface area contributed by atoms with Crippen LogP contribution in [0.5, 0.6) is 0 Å². The number of nitrogens with one attached hydrogen (secondary N) is 1. The summed E-state index contributed by atoms with van der Waals surface area (Å²) in [7, 11) is 1.16. The second kappa shape index (κ2) is 7.20. The number of halogens is 2. The number of methoxy groups -OCH3 is 1. The minimum absolute atomic E-state index is 0.0525. The predicted octanol–water partition coefficient (Wildman–Crippen LogP) is 2.57. The van der Waals surface area contributed by atoms with E-state index in [-0.39, 0.29) is 6.42 Å². The van der Waals surface area contributed by atoms with Gasteiger partial charge in [0, 0.05) is 6.42 Å². The third-order valence-electron chi connectivity index (χ3n) is 2.60. The predicted molar refractivity (Wildman–Crippen MR) is 75.2 cm³/mol. The van der Waals surface area contributed by atoms with E-state index in [1.54, 1.807) is 20.8 Å². The first-order valence-corrected chi connectivity index (χ1v) is 6.63. The number of carbonyl (C=O) groups is 2. The molecule has 0 unspecified atom stereocenters. The molecule has 22 heavy (non-hydrogen) atoms. The van der Waals surface area contributed by atoms with Gasteiger partial charge in [0.25, 0.3) is 0 Å². The molecule has 0 aliphatic heterocycles. The average molecular weight is 315 g/mol. The number of carbonyl (C=O) groups excluding carboxylic acids is 2. The molecule has 0 aliphatic rings. The van der Waals surface area contributed by atoms with Gasteiger partial charge in [-0.05, 0) is 38.5 Å². The first-order chi connectivity index (χ1) is 10.1. The second-order valence-corrected chi connectivity index (χ2v) is 5.67. The maximum absolute atomic E-state index is 13.2. The highest BCUT2D eigenvalue weighted by Crippen LogP contribution is 2.12. The molecular formula is C15H19F2NO4. The standard InChI is InChI=1S/C15H19F2NO4/c1-15(2,3)22-14(20)18-12(13(19)21-4)8-9-5-6-10(16)11(17)7-9/h5-7,12H,8H2,1-4H3,(H,18,20)/t12-/m1/s1. The van der Waals surface area contributed by atoms with Crippen LogP contribution in [-0.4, -0.2) is 30.8 Å². The number of ether oxygens (including phenoxy) is 2. The van der Waals surface area contributed by atoms with Gasteiger partial charge in [0.15, 0.2) is 11.6 Å². The van der Waals surface area contributed by atoms with Crippen molar-refractivity contribution in [2.75, 3.05) is 7.11 Å². The SMILES string of the molecule is COC(=O)[C@@H](Cc1ccc(F)c(F)c1)NC(=O)OC(C)(C)C. The van der Waals surface area contributed by atoms with E-state index in [4.69, 9.17) is 4.74 Å². The molecule has 0 fully saturated rings. The van der Waals surface area contributed by atoms with Crippen LogP contribution in [0.25, 0.3) is 0 Å². The average Bonchev–Trinajstić information content (AvgIpc) is 2.39. The lowest BCUT2D eigenvalue weighted by Gasteiger charge is -2.22. The minimum Gasteiger partial charge on any atom is -0.467 e. The first-order valence-electron chi connectivity index (χ1n) is 6.63. The van der Waals surface area contributed by atoms with Crippen molar-refractivity contribution in [2.45, 2.75) is 38.8 Å². The molecule has 0 spiro atoms. The maximum atomic E-state index is 13.2. The van der Waals surface area contributed by atoms with E-state index in [9.17, 15) is 18.4 Å². The van der Waals surface area contributed by atoms with Crippen LogP contribution in [0.15, 0.2) is 18.2 Å². The summed E-state index contributed by atoms with van der Waals surface area (Å²) in [6.45, 7) is 5.03. The maximum Gasteiger partial charge on any atom is 0.408 e. The topological polar surface area (TPSA) is 64.6 Å². The van der Waals surface area contributed by atoms with E-state index in [0.717, 1.165) is 19.2 Å². The van der Waals surface area contributed by atoms with E-state index >= 15 is 0 Å². The van der Waals surface area contributed by atoms with Gasteiger partial charge in [0.05, 0.1) is 7.11 Å². The summed E-state index contributed by atoms with van der Waals surface area (Å²) in [6, 6.07) is 2.17. The van der Waals surface area contributed by atoms with E-state index in [1.807, 2.05) is 0 Å². The molecule has 1 aromatic carbocycles. The minimum atomic E-state index is -1.07. The highest BCUT2D eigenvalue weighted by molar-refractivity contribution is 5.81. The largest absolute Gasteiger partial charge is 0.467 e. The molecule has 0 radical (unpaired) electrons. The van der Waals surface area contributed by atoms with Crippen LogP contribution in [0.3, 0.4) is 0 Å². The zero-order chi connectivity index (χ0) is 16.9. The van der Waals surface area contributed by atoms with Crippen molar-refractivity contribution < 1.29 is 27.8 Å². The molecule has 0 aromatic heterocycles. The summed E-state index contributed by atoms with van der Waals surface area (Å²) in [5, 5.41) is 2.35. The molecule has 122 valence electrons. The Hall–Kier alpha value is -2.18. The smallest absolute Gasteiger partial charge is 0.408 e. The van der Waals surface area contributed by atoms with Gasteiger partial charge in [-0.25, -0.2) is 18.4 Å². The molecule has 1 N–H and O–H groups in total. The molecular weight excluding hydrogens is 296 g/mol. The van der Waals surface area contributed by atoms with Crippen LogP contribution in [0, 0.1) is 11.6 Å². The lowest BCUT2D eigenvalue weighted by Crippen LogP contribution is -2.45. The summed E-state index contributed by atoms with van der Waals surface area (Å²) in [5.74, 6) is -2.73. The quantitative estimate of drug-likeness (QED) is 0.867. The Kier molecular flexibility index (Phi) is 5.84. The lowest BCUT2D eigenvalue weighted by atomic mass is 10.1. The normalized spacial score (nSPS) is 12.5. The fourth-order valence-corrected chi connectivity index (χ4v) is 1.69. The number of benzene rings is 1. The Labute approximate surface area is 127 Å². The van der Waals surface area contributed by atoms with Gasteiger partial charge in [-0.2, -0.15) is 0 Å². The zero-order valence-corrected chi connectivity index (χ0v) is 12.9. The molecule has 0 saturated heterocycles. The van der Waals surface area contributed by atoms with Gasteiger partial charge in [0.1, 0.15) is 11.6 Å². The van der Waals surface area contributed by atoms with Gasteiger partial charge in [-0.1, -0.05) is 6.07 Å². The van der Waals surface area contributed by atoms with E-state index in [2.05, 4.69) is 10.1 Å². The van der Waals surface area contributed by atoms with Gasteiger partial charge in [-0.15, -0.1) is 0 Å². The third-order valence-corrected chi connectivity index (χ3v) is 2.60. The van der Waals surface area contributed by atoms with E-state index in [1.165, 1.54) is 6.07 Å². The fraction of sp³-hybridized carbons (Fsp3) is 0.467. The number of rotatable bonds is 4. The molecule has 0 aliphatic carbocycles. The van der Waals surface area contributed by atoms with Gasteiger partial charge in [0.2, 0.25) is 0 Å². The van der Waals surface area contributed by atoms with Crippen molar-refractivity contribution >= 4 is 12.1 Å². The Morgan fingerprint density at radius 3 is 2.36 bits per heavy atom. The zero-order valence-electron chi connectivity index (χ0n) is 12.9. The third kappa shape index (κ3) is 5.67. The summed E-state index contributed by atoms with van der Waals surface area (Å²) in [6.07, 6.45) is -0.853. The van der Waals surface area contributed by atoms with Crippen molar-refractivity contribution in [2.24, 2.45) is 0 Å². The number of alkyl carbamates (subject to hydrolysis) is 1. The van der Waals surface area contributed by atoms with Gasteiger partial charge >= 0.3 is 12.1 Å². The van der Waals surface area contributed by atoms with E-state index in [0.29, 0.717) is 5.56 Å². The van der Waals surface area contributed by atoms with Crippen molar-refractivity contribution in [3.05, 3.63) is 35.4 Å². The first kappa shape index (κ1) is 17.9. The lowest BCUT2D eigenvalue weighted by molar-refractivity contribution is -0.143. The Morgan fingerprint density at radius 2 is 1.86 bits per heavy atom. The van der Waals surface area contributed by atoms with Crippen molar-refractivity contribution in [3.8, 4) is 0 Å². The van der Waals surface area contributed by atoms with Crippen LogP contribution in [0.2, 0.25) is 0 Å². The van der Waals surface area contributed by atoms with E-state index < -0.39 is 35.3 Å². The monoisotopic (exact) mass is 315 g/mol. The number of hydrogen-bond acceptors (Lipinski definition) is 4. The molecule has 5 nitrogen and oxygen atoms in total. The van der Waals surface area contributed by atoms with Crippen molar-refractivity contribution in [1.29, 1.82) is 0 Å². The Balaban J connectivity index is 2.82. The molecule has 0 bridgehead atoms. The summed E-state index contributed by atoms with van der Waals surface area (Å²) < 4.78 is 35.7. The van der Waals surface area contributed by atoms with Crippen LogP contribution in [0.1, 0.15) is 26.3 Å². The molecule has 7 heteroatoms. The second-order valence-electron chi connectivity index (χ2n) is 5.67. The highest BCUT2D eigenvalue weighted by atomic mass is 19.2. The van der Waals surface area contributed by atoms with Crippen LogP contribution in [-0.2, 0) is 20.7 Å². The molecule has 0 heterocycles. The van der Waals surface area contributed by atoms with Gasteiger partial charge in [-0.3, -0.25) is 0 Å². The summed E-state index contributed by atoms with van der Waals surface area (Å²) in [4.78, 5) is 23.4. The summed E-state index contributed by atoms with van der Waals surface area (Å²) in [5.41, 5.74) is -0.391. The number of hydrogen-bond donors (Lipinski definition) is 1. The fourth-order valence-electron chi connectivity index (χ4n) is 1.69. The molecule has 1 aromatic rings. The van der Waals surface area contributed by atoms with Crippen molar-refractivity contribution in [3.63, 3.8) is 0 Å². The molecule has 0 saturated carbocycles. The van der Waals surface area contributed by atoms with Crippen LogP contribution >= 0.6 is 0 Å². The Bertz CT molecular complexity index is 555. The summed E-state index contributed by atoms with van der Waals surface area (Å²) >= 11 is 0.